The van der Waals surface area contributed by atoms with Gasteiger partial charge in [-0.25, -0.2) is 5.43 Å². The Kier molecular flexibility index (Phi) is 9.09. The van der Waals surface area contributed by atoms with Gasteiger partial charge in [0.2, 0.25) is 0 Å². The van der Waals surface area contributed by atoms with E-state index >= 15 is 0 Å². The summed E-state index contributed by atoms with van der Waals surface area (Å²) in [4.78, 5) is 12.3. The third-order valence-electron chi connectivity index (χ3n) is 4.87. The second kappa shape index (κ2) is 12.0. The molecular formula is C26H26Br2N2O3. The molecule has 1 amide bonds. The van der Waals surface area contributed by atoms with Gasteiger partial charge in [0, 0.05) is 14.5 Å². The van der Waals surface area contributed by atoms with Crippen molar-refractivity contribution in [2.75, 3.05) is 6.61 Å². The lowest BCUT2D eigenvalue weighted by Gasteiger charge is -2.15. The molecule has 0 saturated heterocycles. The predicted octanol–water partition coefficient (Wildman–Crippen LogP) is 6.75. The first-order chi connectivity index (χ1) is 15.8. The summed E-state index contributed by atoms with van der Waals surface area (Å²) in [6, 6.07) is 19.5. The molecule has 3 aromatic rings. The van der Waals surface area contributed by atoms with Crippen LogP contribution in [0.3, 0.4) is 0 Å². The highest BCUT2D eigenvalue weighted by Gasteiger charge is 2.12. The molecule has 3 aromatic carbocycles. The fraction of sp³-hybridized carbons (Fsp3) is 0.231. The molecule has 0 aliphatic heterocycles. The van der Waals surface area contributed by atoms with Gasteiger partial charge in [-0.15, -0.1) is 0 Å². The van der Waals surface area contributed by atoms with Crippen LogP contribution >= 0.6 is 31.9 Å². The maximum atomic E-state index is 12.3. The first-order valence-corrected chi connectivity index (χ1v) is 12.1. The second-order valence-corrected chi connectivity index (χ2v) is 9.60. The van der Waals surface area contributed by atoms with Crippen molar-refractivity contribution in [1.82, 2.24) is 5.43 Å². The summed E-state index contributed by atoms with van der Waals surface area (Å²) in [6.07, 6.45) is 1.56. The summed E-state index contributed by atoms with van der Waals surface area (Å²) in [6.45, 7) is 6.47. The molecule has 1 N–H and O–H groups in total. The molecule has 0 aromatic heterocycles. The maximum Gasteiger partial charge on any atom is 0.277 e. The van der Waals surface area contributed by atoms with E-state index in [1.165, 1.54) is 0 Å². The van der Waals surface area contributed by atoms with Crippen molar-refractivity contribution in [3.63, 3.8) is 0 Å². The number of nitrogens with zero attached hydrogens (tertiary/aromatic N) is 1. The highest BCUT2D eigenvalue weighted by Crippen LogP contribution is 2.32. The number of hydrogen-bond donors (Lipinski definition) is 1. The van der Waals surface area contributed by atoms with Gasteiger partial charge in [-0.3, -0.25) is 4.79 Å². The molecule has 172 valence electrons. The monoisotopic (exact) mass is 572 g/mol. The molecule has 0 unspecified atom stereocenters. The van der Waals surface area contributed by atoms with E-state index in [9.17, 15) is 4.79 Å². The largest absolute Gasteiger partial charge is 0.488 e. The molecule has 0 radical (unpaired) electrons. The zero-order chi connectivity index (χ0) is 23.8. The Morgan fingerprint density at radius 1 is 1.03 bits per heavy atom. The van der Waals surface area contributed by atoms with Gasteiger partial charge >= 0.3 is 0 Å². The van der Waals surface area contributed by atoms with Crippen LogP contribution in [0.5, 0.6) is 11.5 Å². The molecule has 0 saturated carbocycles. The molecule has 0 aliphatic rings. The van der Waals surface area contributed by atoms with Crippen LogP contribution < -0.4 is 14.9 Å². The van der Waals surface area contributed by atoms with E-state index in [4.69, 9.17) is 9.47 Å². The summed E-state index contributed by atoms with van der Waals surface area (Å²) in [5.41, 5.74) is 6.42. The molecule has 0 spiro atoms. The smallest absolute Gasteiger partial charge is 0.277 e. The van der Waals surface area contributed by atoms with Crippen LogP contribution in [-0.4, -0.2) is 18.7 Å². The Hall–Kier alpha value is -2.64. The molecule has 0 heterocycles. The average molecular weight is 574 g/mol. The van der Waals surface area contributed by atoms with Crippen LogP contribution in [0.25, 0.3) is 0 Å². The van der Waals surface area contributed by atoms with Crippen molar-refractivity contribution in [2.24, 2.45) is 5.10 Å². The lowest BCUT2D eigenvalue weighted by Crippen LogP contribution is -2.25. The summed E-state index contributed by atoms with van der Waals surface area (Å²) in [5, 5.41) is 4.09. The fourth-order valence-electron chi connectivity index (χ4n) is 3.08. The summed E-state index contributed by atoms with van der Waals surface area (Å²) >= 11 is 7.02. The number of rotatable bonds is 9. The van der Waals surface area contributed by atoms with Gasteiger partial charge in [-0.2, -0.15) is 5.10 Å². The van der Waals surface area contributed by atoms with Crippen LogP contribution in [0.4, 0.5) is 0 Å². The van der Waals surface area contributed by atoms with E-state index in [0.29, 0.717) is 18.1 Å². The van der Waals surface area contributed by atoms with E-state index in [2.05, 4.69) is 56.2 Å². The first-order valence-electron chi connectivity index (χ1n) is 10.5. The summed E-state index contributed by atoms with van der Waals surface area (Å²) < 4.78 is 13.6. The predicted molar refractivity (Wildman–Crippen MR) is 139 cm³/mol. The minimum absolute atomic E-state index is 0.131. The third kappa shape index (κ3) is 7.44. The van der Waals surface area contributed by atoms with Gasteiger partial charge in [-0.05, 0) is 59.9 Å². The number of amides is 1. The van der Waals surface area contributed by atoms with E-state index in [1.807, 2.05) is 67.6 Å². The summed E-state index contributed by atoms with van der Waals surface area (Å²) in [5.74, 6) is 1.30. The van der Waals surface area contributed by atoms with Crippen molar-refractivity contribution >= 4 is 44.0 Å². The van der Waals surface area contributed by atoms with Crippen LogP contribution in [0.2, 0.25) is 0 Å². The molecule has 0 atom stereocenters. The average Bonchev–Trinajstić information content (AvgIpc) is 2.79. The molecular weight excluding hydrogens is 548 g/mol. The molecule has 33 heavy (non-hydrogen) atoms. The highest BCUT2D eigenvalue weighted by molar-refractivity contribution is 9.10. The van der Waals surface area contributed by atoms with Gasteiger partial charge in [0.1, 0.15) is 18.1 Å². The Labute approximate surface area is 211 Å². The second-order valence-electron chi connectivity index (χ2n) is 7.83. The Morgan fingerprint density at radius 3 is 2.52 bits per heavy atom. The van der Waals surface area contributed by atoms with Gasteiger partial charge in [0.25, 0.3) is 5.91 Å². The fourth-order valence-corrected chi connectivity index (χ4v) is 3.82. The SMILES string of the molecule is Cc1cc(OCC(=O)N/N=C/c2cc(Br)ccc2OCc2ccccc2)c(C(C)C)cc1Br. The number of aryl methyl sites for hydroxylation is 1. The number of carbonyl (C=O) groups is 1. The van der Waals surface area contributed by atoms with Crippen LogP contribution in [0, 0.1) is 6.92 Å². The Morgan fingerprint density at radius 2 is 1.79 bits per heavy atom. The van der Waals surface area contributed by atoms with E-state index in [1.54, 1.807) is 6.21 Å². The van der Waals surface area contributed by atoms with Crippen molar-refractivity contribution < 1.29 is 14.3 Å². The van der Waals surface area contributed by atoms with E-state index < -0.39 is 0 Å². The molecule has 5 nitrogen and oxygen atoms in total. The Balaban J connectivity index is 1.60. The van der Waals surface area contributed by atoms with E-state index in [-0.39, 0.29) is 18.4 Å². The zero-order valence-electron chi connectivity index (χ0n) is 18.8. The standard InChI is InChI=1S/C26H26Br2N2O3/c1-17(2)22-13-23(28)18(3)11-25(22)33-16-26(31)30-29-14-20-12-21(27)9-10-24(20)32-15-19-7-5-4-6-8-19/h4-14,17H,15-16H2,1-3H3,(H,30,31)/b29-14+. The van der Waals surface area contributed by atoms with Crippen LogP contribution in [0.15, 0.2) is 74.7 Å². The lowest BCUT2D eigenvalue weighted by atomic mass is 10.0. The number of carbonyl (C=O) groups excluding carboxylic acids is 1. The number of nitrogens with one attached hydrogen (secondary N) is 1. The van der Waals surface area contributed by atoms with Crippen molar-refractivity contribution in [1.29, 1.82) is 0 Å². The van der Waals surface area contributed by atoms with Crippen molar-refractivity contribution in [3.8, 4) is 11.5 Å². The molecule has 7 heteroatoms. The number of hydrogen-bond acceptors (Lipinski definition) is 4. The quantitative estimate of drug-likeness (QED) is 0.227. The zero-order valence-corrected chi connectivity index (χ0v) is 21.9. The minimum Gasteiger partial charge on any atom is -0.488 e. The molecule has 0 fully saturated rings. The first kappa shape index (κ1) is 25.0. The summed E-state index contributed by atoms with van der Waals surface area (Å²) in [7, 11) is 0. The molecule has 3 rings (SSSR count). The molecule has 0 bridgehead atoms. The minimum atomic E-state index is -0.344. The lowest BCUT2D eigenvalue weighted by molar-refractivity contribution is -0.123. The normalized spacial score (nSPS) is 11.1. The Bertz CT molecular complexity index is 1130. The van der Waals surface area contributed by atoms with Gasteiger partial charge in [-0.1, -0.05) is 76.0 Å². The number of halogens is 2. The van der Waals surface area contributed by atoms with Gasteiger partial charge in [0.05, 0.1) is 6.21 Å². The van der Waals surface area contributed by atoms with Gasteiger partial charge < -0.3 is 9.47 Å². The number of hydrazone groups is 1. The van der Waals surface area contributed by atoms with Crippen molar-refractivity contribution in [2.45, 2.75) is 33.3 Å². The number of ether oxygens (including phenoxy) is 2. The van der Waals surface area contributed by atoms with Crippen molar-refractivity contribution in [3.05, 3.63) is 91.9 Å². The van der Waals surface area contributed by atoms with Crippen LogP contribution in [-0.2, 0) is 11.4 Å². The topological polar surface area (TPSA) is 59.9 Å². The highest BCUT2D eigenvalue weighted by atomic mass is 79.9. The van der Waals surface area contributed by atoms with E-state index in [0.717, 1.165) is 31.2 Å². The number of benzene rings is 3. The maximum absolute atomic E-state index is 12.3. The third-order valence-corrected chi connectivity index (χ3v) is 6.22. The van der Waals surface area contributed by atoms with Crippen LogP contribution in [0.1, 0.15) is 42.0 Å². The van der Waals surface area contributed by atoms with Gasteiger partial charge in [0.15, 0.2) is 6.61 Å². The molecule has 0 aliphatic carbocycles.